The Morgan fingerprint density at radius 3 is 2.46 bits per heavy atom. The molecule has 0 amide bonds. The fourth-order valence-electron chi connectivity index (χ4n) is 3.02. The lowest BCUT2D eigenvalue weighted by molar-refractivity contribution is -0.136. The molecule has 0 saturated heterocycles. The molecule has 0 atom stereocenters. The molecule has 0 saturated carbocycles. The van der Waals surface area contributed by atoms with Gasteiger partial charge in [-0.1, -0.05) is 12.1 Å². The molecule has 0 fully saturated rings. The van der Waals surface area contributed by atoms with Crippen molar-refractivity contribution in [3.05, 3.63) is 57.6 Å². The van der Waals surface area contributed by atoms with Crippen LogP contribution in [0.25, 0.3) is 0 Å². The van der Waals surface area contributed by atoms with Gasteiger partial charge >= 0.3 is 5.97 Å². The van der Waals surface area contributed by atoms with Crippen LogP contribution in [0.5, 0.6) is 11.5 Å². The molecule has 24 heavy (non-hydrogen) atoms. The fraction of sp³-hybridized carbons (Fsp3) is 0.167. The maximum atomic E-state index is 12.9. The Labute approximate surface area is 137 Å². The Kier molecular flexibility index (Phi) is 3.60. The first-order valence-electron chi connectivity index (χ1n) is 7.20. The molecule has 1 aliphatic rings. The first-order valence-corrected chi connectivity index (χ1v) is 7.20. The van der Waals surface area contributed by atoms with Crippen LogP contribution in [0.1, 0.15) is 43.0 Å². The van der Waals surface area contributed by atoms with Crippen molar-refractivity contribution in [2.75, 3.05) is 7.11 Å². The average molecular weight is 326 g/mol. The van der Waals surface area contributed by atoms with Crippen LogP contribution in [0.4, 0.5) is 0 Å². The van der Waals surface area contributed by atoms with Crippen molar-refractivity contribution in [2.24, 2.45) is 0 Å². The minimum Gasteiger partial charge on any atom is -0.507 e. The van der Waals surface area contributed by atoms with Gasteiger partial charge in [-0.25, -0.2) is 0 Å². The number of methoxy groups -OCH3 is 1. The summed E-state index contributed by atoms with van der Waals surface area (Å²) in [5.41, 5.74) is 0.764. The number of phenols is 1. The van der Waals surface area contributed by atoms with Gasteiger partial charge in [-0.15, -0.1) is 0 Å². The second-order valence-electron chi connectivity index (χ2n) is 5.55. The number of hydrogen-bond acceptors (Lipinski definition) is 5. The summed E-state index contributed by atoms with van der Waals surface area (Å²) in [4.78, 5) is 36.6. The molecule has 0 bridgehead atoms. The van der Waals surface area contributed by atoms with Crippen molar-refractivity contribution in [3.8, 4) is 11.5 Å². The normalized spacial score (nSPS) is 12.6. The van der Waals surface area contributed by atoms with E-state index in [2.05, 4.69) is 0 Å². The number of aryl methyl sites for hydroxylation is 1. The number of carbonyl (C=O) groups is 3. The first-order chi connectivity index (χ1) is 11.4. The second-order valence-corrected chi connectivity index (χ2v) is 5.55. The third-order valence-corrected chi connectivity index (χ3v) is 4.15. The van der Waals surface area contributed by atoms with Crippen LogP contribution in [0.15, 0.2) is 24.3 Å². The zero-order valence-corrected chi connectivity index (χ0v) is 13.0. The summed E-state index contributed by atoms with van der Waals surface area (Å²) < 4.78 is 5.16. The molecule has 1 aliphatic carbocycles. The fourth-order valence-corrected chi connectivity index (χ4v) is 3.02. The first kappa shape index (κ1) is 15.7. The highest BCUT2D eigenvalue weighted by molar-refractivity contribution is 6.30. The van der Waals surface area contributed by atoms with Gasteiger partial charge in [-0.05, 0) is 24.6 Å². The van der Waals surface area contributed by atoms with E-state index < -0.39 is 29.7 Å². The number of carboxylic acids is 1. The van der Waals surface area contributed by atoms with Gasteiger partial charge in [0.05, 0.1) is 24.7 Å². The SMILES string of the molecule is COc1cccc2c1C(=O)c1c(cc(C)c(CC(=O)O)c1O)C2=O. The third kappa shape index (κ3) is 2.15. The topological polar surface area (TPSA) is 101 Å². The molecule has 122 valence electrons. The largest absolute Gasteiger partial charge is 0.507 e. The maximum absolute atomic E-state index is 12.9. The molecular formula is C18H14O6. The molecule has 2 aromatic rings. The van der Waals surface area contributed by atoms with E-state index in [9.17, 15) is 19.5 Å². The summed E-state index contributed by atoms with van der Waals surface area (Å²) >= 11 is 0. The predicted molar refractivity (Wildman–Crippen MR) is 84.0 cm³/mol. The number of ketones is 2. The van der Waals surface area contributed by atoms with Gasteiger partial charge in [-0.2, -0.15) is 0 Å². The molecule has 6 heteroatoms. The van der Waals surface area contributed by atoms with Gasteiger partial charge < -0.3 is 14.9 Å². The lowest BCUT2D eigenvalue weighted by Crippen LogP contribution is -2.23. The molecule has 2 aromatic carbocycles. The molecule has 3 rings (SSSR count). The zero-order valence-electron chi connectivity index (χ0n) is 13.0. The van der Waals surface area contributed by atoms with Crippen molar-refractivity contribution in [1.82, 2.24) is 0 Å². The molecule has 2 N–H and O–H groups in total. The highest BCUT2D eigenvalue weighted by Gasteiger charge is 2.36. The van der Waals surface area contributed by atoms with Crippen LogP contribution >= 0.6 is 0 Å². The number of carbonyl (C=O) groups excluding carboxylic acids is 2. The zero-order chi connectivity index (χ0) is 17.6. The van der Waals surface area contributed by atoms with Gasteiger partial charge in [0.2, 0.25) is 5.78 Å². The number of carboxylic acid groups (broad SMARTS) is 1. The van der Waals surface area contributed by atoms with Crippen LogP contribution in [0, 0.1) is 6.92 Å². The Bertz CT molecular complexity index is 910. The van der Waals surface area contributed by atoms with Crippen LogP contribution in [0.2, 0.25) is 0 Å². The number of benzene rings is 2. The Morgan fingerprint density at radius 2 is 1.83 bits per heavy atom. The number of hydrogen-bond donors (Lipinski definition) is 2. The lowest BCUT2D eigenvalue weighted by Gasteiger charge is -2.22. The predicted octanol–water partition coefficient (Wildman–Crippen LogP) is 2.11. The quantitative estimate of drug-likeness (QED) is 0.764. The summed E-state index contributed by atoms with van der Waals surface area (Å²) in [6.07, 6.45) is -0.439. The van der Waals surface area contributed by atoms with Crippen LogP contribution in [-0.2, 0) is 11.2 Å². The minimum absolute atomic E-state index is 0.0740. The van der Waals surface area contributed by atoms with E-state index in [0.29, 0.717) is 5.56 Å². The molecule has 6 nitrogen and oxygen atoms in total. The number of ether oxygens (including phenoxy) is 1. The number of rotatable bonds is 3. The van der Waals surface area contributed by atoms with E-state index in [4.69, 9.17) is 9.84 Å². The van der Waals surface area contributed by atoms with Crippen LogP contribution < -0.4 is 4.74 Å². The second kappa shape index (κ2) is 5.49. The van der Waals surface area contributed by atoms with Crippen molar-refractivity contribution in [3.63, 3.8) is 0 Å². The van der Waals surface area contributed by atoms with E-state index in [1.54, 1.807) is 19.1 Å². The van der Waals surface area contributed by atoms with Crippen molar-refractivity contribution < 1.29 is 29.3 Å². The molecule has 0 aliphatic heterocycles. The standard InChI is InChI=1S/C18H14O6/c1-8-6-11-15(17(22)10(8)7-13(19)20)18(23)14-9(16(11)21)4-3-5-12(14)24-2/h3-6,22H,7H2,1-2H3,(H,19,20). The van der Waals surface area contributed by atoms with Gasteiger partial charge in [0.1, 0.15) is 11.5 Å². The smallest absolute Gasteiger partial charge is 0.307 e. The van der Waals surface area contributed by atoms with E-state index in [-0.39, 0.29) is 33.6 Å². The Hall–Kier alpha value is -3.15. The lowest BCUT2D eigenvalue weighted by atomic mass is 9.80. The third-order valence-electron chi connectivity index (χ3n) is 4.15. The Morgan fingerprint density at radius 1 is 1.12 bits per heavy atom. The van der Waals surface area contributed by atoms with E-state index in [1.807, 2.05) is 0 Å². The summed E-state index contributed by atoms with van der Waals surface area (Å²) in [5.74, 6) is -2.32. The minimum atomic E-state index is -1.14. The molecular weight excluding hydrogens is 312 g/mol. The highest BCUT2D eigenvalue weighted by atomic mass is 16.5. The van der Waals surface area contributed by atoms with Crippen molar-refractivity contribution in [2.45, 2.75) is 13.3 Å². The molecule has 0 radical (unpaired) electrons. The molecule has 0 aromatic heterocycles. The van der Waals surface area contributed by atoms with Gasteiger partial charge in [-0.3, -0.25) is 14.4 Å². The number of phenolic OH excluding ortho intramolecular Hbond substituents is 1. The summed E-state index contributed by atoms with van der Waals surface area (Å²) in [5, 5.41) is 19.5. The maximum Gasteiger partial charge on any atom is 0.307 e. The molecule has 0 spiro atoms. The van der Waals surface area contributed by atoms with Crippen LogP contribution in [-0.4, -0.2) is 34.9 Å². The summed E-state index contributed by atoms with van der Waals surface area (Å²) in [7, 11) is 1.38. The average Bonchev–Trinajstić information content (AvgIpc) is 2.55. The Balaban J connectivity index is 2.31. The van der Waals surface area contributed by atoms with Gasteiger partial charge in [0.15, 0.2) is 5.78 Å². The number of aromatic hydroxyl groups is 1. The monoisotopic (exact) mass is 326 g/mol. The van der Waals surface area contributed by atoms with Crippen molar-refractivity contribution in [1.29, 1.82) is 0 Å². The number of fused-ring (bicyclic) bond motifs is 2. The number of aliphatic carboxylic acids is 1. The van der Waals surface area contributed by atoms with Gasteiger partial charge in [0, 0.05) is 16.7 Å². The summed E-state index contributed by atoms with van der Waals surface area (Å²) in [6, 6.07) is 6.15. The van der Waals surface area contributed by atoms with E-state index >= 15 is 0 Å². The van der Waals surface area contributed by atoms with Crippen LogP contribution in [0.3, 0.4) is 0 Å². The van der Waals surface area contributed by atoms with E-state index in [0.717, 1.165) is 0 Å². The summed E-state index contributed by atoms with van der Waals surface area (Å²) in [6.45, 7) is 1.59. The molecule has 0 unspecified atom stereocenters. The van der Waals surface area contributed by atoms with Gasteiger partial charge in [0.25, 0.3) is 0 Å². The van der Waals surface area contributed by atoms with Crippen molar-refractivity contribution >= 4 is 17.5 Å². The van der Waals surface area contributed by atoms with E-state index in [1.165, 1.54) is 19.2 Å². The highest BCUT2D eigenvalue weighted by Crippen LogP contribution is 2.39. The molecule has 0 heterocycles.